The summed E-state index contributed by atoms with van der Waals surface area (Å²) in [5, 5.41) is 13.0. The average molecular weight is 488 g/mol. The molecule has 184 valence electrons. The molecular formula is C25H24F4N4O2. The maximum atomic E-state index is 14.2. The number of hydrogen-bond donors (Lipinski definition) is 0. The molecule has 2 aromatic rings. The fraction of sp³-hybridized carbons (Fsp3) is 0.600. The highest BCUT2D eigenvalue weighted by Gasteiger charge is 2.73. The summed E-state index contributed by atoms with van der Waals surface area (Å²) in [6.07, 6.45) is 0.0657. The van der Waals surface area contributed by atoms with Crippen LogP contribution in [0.3, 0.4) is 0 Å². The minimum Gasteiger partial charge on any atom is -0.329 e. The minimum atomic E-state index is -4.67. The van der Waals surface area contributed by atoms with E-state index >= 15 is 0 Å². The van der Waals surface area contributed by atoms with Crippen molar-refractivity contribution >= 4 is 11.6 Å². The molecule has 6 aliphatic rings. The number of anilines is 1. The fourth-order valence-corrected chi connectivity index (χ4v) is 6.93. The first-order valence-electron chi connectivity index (χ1n) is 11.9. The van der Waals surface area contributed by atoms with Crippen molar-refractivity contribution in [2.45, 2.75) is 75.0 Å². The van der Waals surface area contributed by atoms with Crippen LogP contribution in [0, 0.1) is 22.2 Å². The summed E-state index contributed by atoms with van der Waals surface area (Å²) in [7, 11) is 0. The Hall–Kier alpha value is -2.96. The lowest BCUT2D eigenvalue weighted by molar-refractivity contribution is -0.211. The number of carbonyl (C=O) groups excluding carboxylic acids is 1. The van der Waals surface area contributed by atoms with E-state index in [4.69, 9.17) is 0 Å². The first kappa shape index (κ1) is 22.5. The van der Waals surface area contributed by atoms with Crippen LogP contribution in [0.25, 0.3) is 0 Å². The van der Waals surface area contributed by atoms with Gasteiger partial charge in [0.1, 0.15) is 5.67 Å². The first-order valence-corrected chi connectivity index (χ1v) is 11.9. The third-order valence-corrected chi connectivity index (χ3v) is 8.99. The number of rotatable bonds is 5. The van der Waals surface area contributed by atoms with Gasteiger partial charge in [-0.1, -0.05) is 11.2 Å². The van der Waals surface area contributed by atoms with Gasteiger partial charge in [-0.2, -0.15) is 23.4 Å². The zero-order chi connectivity index (χ0) is 24.7. The highest BCUT2D eigenvalue weighted by Crippen LogP contribution is 2.70. The van der Waals surface area contributed by atoms with Gasteiger partial charge in [0.2, 0.25) is 5.91 Å². The van der Waals surface area contributed by atoms with Gasteiger partial charge >= 0.3 is 12.1 Å². The van der Waals surface area contributed by atoms with Crippen LogP contribution in [0.4, 0.5) is 23.2 Å². The molecule has 1 heterocycles. The van der Waals surface area contributed by atoms with Crippen LogP contribution in [0.5, 0.6) is 0 Å². The molecule has 1 aromatic carbocycles. The predicted molar refractivity (Wildman–Crippen MR) is 115 cm³/mol. The molecule has 35 heavy (non-hydrogen) atoms. The summed E-state index contributed by atoms with van der Waals surface area (Å²) >= 11 is 0. The standard InChI is InChI=1S/C25H24F4N4O2/c26-24-12-23(13-24,14-24)20(34)33(17-3-1-2-16(10-17)11-30)15-21-4-7-22(8-5-21,9-6-21)18-31-19(35-32-18)25(27,28)29/h1-3,10H,4-9,12-15H2. The first-order chi connectivity index (χ1) is 16.5. The summed E-state index contributed by atoms with van der Waals surface area (Å²) in [6, 6.07) is 9.03. The van der Waals surface area contributed by atoms with Crippen molar-refractivity contribution in [2.24, 2.45) is 10.8 Å². The number of nitrogens with zero attached hydrogens (tertiary/aromatic N) is 4. The number of amides is 1. The SMILES string of the molecule is N#Cc1cccc(N(CC23CCC(c4noc(C(F)(F)F)n4)(CC2)CC3)C(=O)C23CC(F)(C2)C3)c1. The van der Waals surface area contributed by atoms with Gasteiger partial charge in [-0.25, -0.2) is 4.39 Å². The molecule has 6 fully saturated rings. The van der Waals surface area contributed by atoms with E-state index in [1.165, 1.54) is 0 Å². The Morgan fingerprint density at radius 2 is 1.77 bits per heavy atom. The molecule has 0 radical (unpaired) electrons. The third-order valence-electron chi connectivity index (χ3n) is 8.99. The van der Waals surface area contributed by atoms with Crippen molar-refractivity contribution in [3.63, 3.8) is 0 Å². The predicted octanol–water partition coefficient (Wildman–Crippen LogP) is 5.48. The van der Waals surface area contributed by atoms with Crippen LogP contribution < -0.4 is 4.90 Å². The summed E-state index contributed by atoms with van der Waals surface area (Å²) < 4.78 is 57.7. The van der Waals surface area contributed by atoms with Crippen LogP contribution >= 0.6 is 0 Å². The monoisotopic (exact) mass is 488 g/mol. The maximum absolute atomic E-state index is 14.2. The molecule has 8 rings (SSSR count). The van der Waals surface area contributed by atoms with Crippen molar-refractivity contribution < 1.29 is 26.9 Å². The Bertz CT molecular complexity index is 1200. The molecule has 0 spiro atoms. The lowest BCUT2D eigenvalue weighted by atomic mass is 9.41. The van der Waals surface area contributed by atoms with Crippen LogP contribution in [0.15, 0.2) is 28.8 Å². The molecular weight excluding hydrogens is 464 g/mol. The quantitative estimate of drug-likeness (QED) is 0.521. The van der Waals surface area contributed by atoms with Crippen LogP contribution in [-0.4, -0.2) is 28.3 Å². The summed E-state index contributed by atoms with van der Waals surface area (Å²) in [5.74, 6) is -1.28. The molecule has 4 bridgehead atoms. The smallest absolute Gasteiger partial charge is 0.329 e. The molecule has 0 N–H and O–H groups in total. The fourth-order valence-electron chi connectivity index (χ4n) is 6.93. The van der Waals surface area contributed by atoms with E-state index < -0.39 is 28.6 Å². The molecule has 6 aliphatic carbocycles. The van der Waals surface area contributed by atoms with Crippen molar-refractivity contribution in [3.05, 3.63) is 41.5 Å². The molecule has 0 saturated heterocycles. The second-order valence-corrected chi connectivity index (χ2v) is 11.2. The normalized spacial score (nSPS) is 35.1. The number of hydrogen-bond acceptors (Lipinski definition) is 5. The highest BCUT2D eigenvalue weighted by atomic mass is 19.4. The van der Waals surface area contributed by atoms with Gasteiger partial charge in [0.05, 0.1) is 17.0 Å². The van der Waals surface area contributed by atoms with E-state index in [9.17, 15) is 27.6 Å². The second-order valence-electron chi connectivity index (χ2n) is 11.2. The zero-order valence-electron chi connectivity index (χ0n) is 19.0. The molecule has 0 atom stereocenters. The third kappa shape index (κ3) is 3.38. The van der Waals surface area contributed by atoms with E-state index in [0.717, 1.165) is 0 Å². The molecule has 1 amide bonds. The number of aromatic nitrogens is 2. The lowest BCUT2D eigenvalue weighted by Crippen LogP contribution is -2.71. The average Bonchev–Trinajstić information content (AvgIpc) is 3.33. The van der Waals surface area contributed by atoms with Gasteiger partial charge in [-0.05, 0) is 81.4 Å². The van der Waals surface area contributed by atoms with Crippen molar-refractivity contribution in [2.75, 3.05) is 11.4 Å². The van der Waals surface area contributed by atoms with Crippen LogP contribution in [0.1, 0.15) is 75.1 Å². The molecule has 6 saturated carbocycles. The van der Waals surface area contributed by atoms with E-state index in [1.807, 2.05) is 0 Å². The van der Waals surface area contributed by atoms with Crippen molar-refractivity contribution in [3.8, 4) is 6.07 Å². The van der Waals surface area contributed by atoms with Gasteiger partial charge in [0.15, 0.2) is 5.82 Å². The number of nitriles is 1. The van der Waals surface area contributed by atoms with Crippen LogP contribution in [0.2, 0.25) is 0 Å². The second kappa shape index (κ2) is 7.05. The van der Waals surface area contributed by atoms with Gasteiger partial charge < -0.3 is 9.42 Å². The Balaban J connectivity index is 1.24. The van der Waals surface area contributed by atoms with Gasteiger partial charge in [0, 0.05) is 17.6 Å². The van der Waals surface area contributed by atoms with Crippen LogP contribution in [-0.2, 0) is 16.4 Å². The summed E-state index contributed by atoms with van der Waals surface area (Å²) in [4.78, 5) is 19.1. The van der Waals surface area contributed by atoms with Crippen molar-refractivity contribution in [1.82, 2.24) is 10.1 Å². The number of carbonyl (C=O) groups is 1. The zero-order valence-corrected chi connectivity index (χ0v) is 19.0. The Labute approximate surface area is 199 Å². The van der Waals surface area contributed by atoms with E-state index in [2.05, 4.69) is 20.7 Å². The molecule has 10 heteroatoms. The largest absolute Gasteiger partial charge is 0.471 e. The maximum Gasteiger partial charge on any atom is 0.471 e. The number of halogens is 4. The van der Waals surface area contributed by atoms with E-state index in [0.29, 0.717) is 56.3 Å². The number of fused-ring (bicyclic) bond motifs is 3. The highest BCUT2D eigenvalue weighted by molar-refractivity contribution is 6.00. The molecule has 6 nitrogen and oxygen atoms in total. The lowest BCUT2D eigenvalue weighted by Gasteiger charge is -2.65. The van der Waals surface area contributed by atoms with E-state index in [1.54, 1.807) is 29.2 Å². The Morgan fingerprint density at radius 1 is 1.11 bits per heavy atom. The van der Waals surface area contributed by atoms with E-state index in [-0.39, 0.29) is 36.4 Å². The number of benzene rings is 1. The molecule has 0 unspecified atom stereocenters. The van der Waals surface area contributed by atoms with Crippen molar-refractivity contribution in [1.29, 1.82) is 5.26 Å². The van der Waals surface area contributed by atoms with Gasteiger partial charge in [-0.3, -0.25) is 4.79 Å². The summed E-state index contributed by atoms with van der Waals surface area (Å²) in [5.41, 5.74) is -1.52. The summed E-state index contributed by atoms with van der Waals surface area (Å²) in [6.45, 7) is 0.442. The molecule has 1 aromatic heterocycles. The number of alkyl halides is 4. The van der Waals surface area contributed by atoms with Gasteiger partial charge in [-0.15, -0.1) is 0 Å². The topological polar surface area (TPSA) is 83.0 Å². The van der Waals surface area contributed by atoms with Gasteiger partial charge in [0.25, 0.3) is 0 Å². The Morgan fingerprint density at radius 3 is 2.31 bits per heavy atom. The Kier molecular flexibility index (Phi) is 4.53. The molecule has 0 aliphatic heterocycles. The minimum absolute atomic E-state index is 0.0862.